The standard InChI is InChI=1S/C19H24F3N3O3/c1-13(25-11-15(18(27)28)16(12-25)19(20,21)22)17(26)24-9-7-23(8-10-24)14-5-3-2-4-6-14/h2-6,13,15-16H,7-12H2,1H3,(H,27,28)/t13?,15-,16-/m1/s1. The van der Waals surface area contributed by atoms with Crippen molar-refractivity contribution in [3.63, 3.8) is 0 Å². The predicted molar refractivity (Wildman–Crippen MR) is 96.9 cm³/mol. The Morgan fingerprint density at radius 2 is 1.68 bits per heavy atom. The molecule has 3 atom stereocenters. The highest BCUT2D eigenvalue weighted by molar-refractivity contribution is 5.82. The third kappa shape index (κ3) is 4.24. The van der Waals surface area contributed by atoms with Crippen molar-refractivity contribution in [3.8, 4) is 0 Å². The van der Waals surface area contributed by atoms with Crippen LogP contribution < -0.4 is 4.90 Å². The van der Waals surface area contributed by atoms with E-state index in [1.165, 1.54) is 4.90 Å². The van der Waals surface area contributed by atoms with E-state index in [-0.39, 0.29) is 12.5 Å². The van der Waals surface area contributed by atoms with Crippen LogP contribution >= 0.6 is 0 Å². The molecule has 0 radical (unpaired) electrons. The van der Waals surface area contributed by atoms with Crippen molar-refractivity contribution in [3.05, 3.63) is 30.3 Å². The van der Waals surface area contributed by atoms with E-state index in [1.54, 1.807) is 11.8 Å². The van der Waals surface area contributed by atoms with E-state index in [4.69, 9.17) is 5.11 Å². The zero-order chi connectivity index (χ0) is 20.5. The molecule has 0 spiro atoms. The molecule has 6 nitrogen and oxygen atoms in total. The second-order valence-corrected chi connectivity index (χ2v) is 7.37. The summed E-state index contributed by atoms with van der Waals surface area (Å²) in [6, 6.07) is 9.02. The van der Waals surface area contributed by atoms with Crippen LogP contribution in [0, 0.1) is 11.8 Å². The molecule has 1 unspecified atom stereocenters. The number of alkyl halides is 3. The molecule has 2 aliphatic heterocycles. The Morgan fingerprint density at radius 3 is 2.18 bits per heavy atom. The van der Waals surface area contributed by atoms with Gasteiger partial charge in [-0.3, -0.25) is 14.5 Å². The van der Waals surface area contributed by atoms with Crippen LogP contribution in [-0.2, 0) is 9.59 Å². The van der Waals surface area contributed by atoms with Gasteiger partial charge in [0.2, 0.25) is 5.91 Å². The lowest BCUT2D eigenvalue weighted by Crippen LogP contribution is -2.54. The quantitative estimate of drug-likeness (QED) is 0.838. The minimum absolute atomic E-state index is 0.250. The minimum atomic E-state index is -4.60. The van der Waals surface area contributed by atoms with Crippen molar-refractivity contribution in [1.29, 1.82) is 0 Å². The van der Waals surface area contributed by atoms with Crippen LogP contribution in [0.1, 0.15) is 6.92 Å². The number of halogens is 3. The maximum atomic E-state index is 13.2. The Bertz CT molecular complexity index is 705. The third-order valence-corrected chi connectivity index (χ3v) is 5.70. The largest absolute Gasteiger partial charge is 0.481 e. The molecule has 9 heteroatoms. The Kier molecular flexibility index (Phi) is 5.83. The fourth-order valence-corrected chi connectivity index (χ4v) is 3.98. The number of carboxylic acid groups (broad SMARTS) is 1. The topological polar surface area (TPSA) is 64.1 Å². The monoisotopic (exact) mass is 399 g/mol. The maximum absolute atomic E-state index is 13.2. The number of aliphatic carboxylic acids is 1. The highest BCUT2D eigenvalue weighted by Crippen LogP contribution is 2.38. The van der Waals surface area contributed by atoms with Crippen molar-refractivity contribution < 1.29 is 27.9 Å². The third-order valence-electron chi connectivity index (χ3n) is 5.70. The van der Waals surface area contributed by atoms with Gasteiger partial charge in [-0.15, -0.1) is 0 Å². The number of rotatable bonds is 4. The summed E-state index contributed by atoms with van der Waals surface area (Å²) in [7, 11) is 0. The lowest BCUT2D eigenvalue weighted by atomic mass is 9.96. The number of amides is 1. The Labute approximate surface area is 161 Å². The van der Waals surface area contributed by atoms with Crippen LogP contribution in [0.25, 0.3) is 0 Å². The average molecular weight is 399 g/mol. The Morgan fingerprint density at radius 1 is 1.07 bits per heavy atom. The SMILES string of the molecule is CC(C(=O)N1CCN(c2ccccc2)CC1)N1C[C@@H](C(F)(F)F)[C@H](C(=O)O)C1. The first kappa shape index (κ1) is 20.4. The fraction of sp³-hybridized carbons (Fsp3) is 0.579. The molecule has 2 fully saturated rings. The van der Waals surface area contributed by atoms with E-state index < -0.39 is 36.6 Å². The summed E-state index contributed by atoms with van der Waals surface area (Å²) in [5.74, 6) is -5.21. The van der Waals surface area contributed by atoms with E-state index in [2.05, 4.69) is 4.90 Å². The molecule has 1 N–H and O–H groups in total. The van der Waals surface area contributed by atoms with E-state index in [0.717, 1.165) is 5.69 Å². The normalized spacial score (nSPS) is 25.0. The average Bonchev–Trinajstić information content (AvgIpc) is 3.14. The van der Waals surface area contributed by atoms with E-state index in [9.17, 15) is 22.8 Å². The molecule has 1 amide bonds. The molecule has 1 aromatic rings. The van der Waals surface area contributed by atoms with Gasteiger partial charge in [-0.2, -0.15) is 13.2 Å². The molecule has 0 bridgehead atoms. The maximum Gasteiger partial charge on any atom is 0.393 e. The van der Waals surface area contributed by atoms with Crippen molar-refractivity contribution in [2.24, 2.45) is 11.8 Å². The first-order valence-electron chi connectivity index (χ1n) is 9.31. The second-order valence-electron chi connectivity index (χ2n) is 7.37. The predicted octanol–water partition coefficient (Wildman–Crippen LogP) is 1.92. The first-order chi connectivity index (χ1) is 13.2. The Hall–Kier alpha value is -2.29. The van der Waals surface area contributed by atoms with Gasteiger partial charge in [-0.25, -0.2) is 0 Å². The molecule has 0 aromatic heterocycles. The van der Waals surface area contributed by atoms with E-state index in [0.29, 0.717) is 26.2 Å². The molecule has 0 aliphatic carbocycles. The van der Waals surface area contributed by atoms with Gasteiger partial charge in [0.25, 0.3) is 0 Å². The number of piperazine rings is 1. The van der Waals surface area contributed by atoms with Crippen molar-refractivity contribution in [2.75, 3.05) is 44.2 Å². The number of hydrogen-bond acceptors (Lipinski definition) is 4. The molecule has 2 heterocycles. The van der Waals surface area contributed by atoms with Crippen LogP contribution in [0.5, 0.6) is 0 Å². The lowest BCUT2D eigenvalue weighted by molar-refractivity contribution is -0.188. The number of hydrogen-bond donors (Lipinski definition) is 1. The van der Waals surface area contributed by atoms with Gasteiger partial charge < -0.3 is 14.9 Å². The van der Waals surface area contributed by atoms with Crippen LogP contribution in [0.3, 0.4) is 0 Å². The van der Waals surface area contributed by atoms with Crippen molar-refractivity contribution in [1.82, 2.24) is 9.80 Å². The van der Waals surface area contributed by atoms with Gasteiger partial charge in [-0.05, 0) is 19.1 Å². The van der Waals surface area contributed by atoms with Gasteiger partial charge in [-0.1, -0.05) is 18.2 Å². The van der Waals surface area contributed by atoms with Crippen LogP contribution in [-0.4, -0.2) is 78.3 Å². The van der Waals surface area contributed by atoms with Gasteiger partial charge in [0.05, 0.1) is 17.9 Å². The zero-order valence-corrected chi connectivity index (χ0v) is 15.6. The minimum Gasteiger partial charge on any atom is -0.481 e. The number of carbonyl (C=O) groups excluding carboxylic acids is 1. The summed E-state index contributed by atoms with van der Waals surface area (Å²) >= 11 is 0. The van der Waals surface area contributed by atoms with Crippen molar-refractivity contribution in [2.45, 2.75) is 19.1 Å². The molecule has 2 saturated heterocycles. The lowest BCUT2D eigenvalue weighted by Gasteiger charge is -2.38. The highest BCUT2D eigenvalue weighted by atomic mass is 19.4. The number of nitrogens with zero attached hydrogens (tertiary/aromatic N) is 3. The van der Waals surface area contributed by atoms with Crippen LogP contribution in [0.4, 0.5) is 18.9 Å². The number of benzene rings is 1. The summed E-state index contributed by atoms with van der Waals surface area (Å²) in [6.07, 6.45) is -4.60. The molecular formula is C19H24F3N3O3. The second kappa shape index (κ2) is 7.98. The molecule has 0 saturated carbocycles. The number of carboxylic acids is 1. The smallest absolute Gasteiger partial charge is 0.393 e. The van der Waals surface area contributed by atoms with Gasteiger partial charge >= 0.3 is 12.1 Å². The van der Waals surface area contributed by atoms with Crippen LogP contribution in [0.15, 0.2) is 30.3 Å². The summed E-state index contributed by atoms with van der Waals surface area (Å²) in [4.78, 5) is 29.2. The summed E-state index contributed by atoms with van der Waals surface area (Å²) in [5, 5.41) is 9.14. The molecule has 28 heavy (non-hydrogen) atoms. The molecule has 1 aromatic carbocycles. The number of para-hydroxylation sites is 1. The fourth-order valence-electron chi connectivity index (χ4n) is 3.98. The van der Waals surface area contributed by atoms with E-state index >= 15 is 0 Å². The molecule has 2 aliphatic rings. The number of anilines is 1. The summed E-state index contributed by atoms with van der Waals surface area (Å²) in [6.45, 7) is 3.09. The highest BCUT2D eigenvalue weighted by Gasteiger charge is 2.53. The van der Waals surface area contributed by atoms with Gasteiger partial charge in [0.1, 0.15) is 0 Å². The Balaban J connectivity index is 1.60. The number of carbonyl (C=O) groups is 2. The van der Waals surface area contributed by atoms with Crippen molar-refractivity contribution >= 4 is 17.6 Å². The van der Waals surface area contributed by atoms with Gasteiger partial charge in [0, 0.05) is 45.0 Å². The summed E-state index contributed by atoms with van der Waals surface area (Å²) < 4.78 is 39.5. The molecular weight excluding hydrogens is 375 g/mol. The van der Waals surface area contributed by atoms with Crippen LogP contribution in [0.2, 0.25) is 0 Å². The molecule has 154 valence electrons. The number of likely N-dealkylation sites (tertiary alicyclic amines) is 1. The van der Waals surface area contributed by atoms with Gasteiger partial charge in [0.15, 0.2) is 0 Å². The zero-order valence-electron chi connectivity index (χ0n) is 15.6. The first-order valence-corrected chi connectivity index (χ1v) is 9.31. The summed E-state index contributed by atoms with van der Waals surface area (Å²) in [5.41, 5.74) is 1.07. The van der Waals surface area contributed by atoms with E-state index in [1.807, 2.05) is 30.3 Å². The molecule has 3 rings (SSSR count).